The summed E-state index contributed by atoms with van der Waals surface area (Å²) in [7, 11) is 0. The predicted molar refractivity (Wildman–Crippen MR) is 326 cm³/mol. The van der Waals surface area contributed by atoms with Crippen LogP contribution in [-0.2, 0) is 4.79 Å². The van der Waals surface area contributed by atoms with Crippen molar-refractivity contribution >= 4 is 5.91 Å². The molecule has 0 aromatic carbocycles. The fourth-order valence-electron chi connectivity index (χ4n) is 9.22. The van der Waals surface area contributed by atoms with Gasteiger partial charge in [0.05, 0.1) is 18.8 Å². The number of rotatable bonds is 57. The van der Waals surface area contributed by atoms with Crippen molar-refractivity contribution in [2.75, 3.05) is 6.61 Å². The first-order valence-corrected chi connectivity index (χ1v) is 31.6. The number of nitrogens with one attached hydrogen (secondary N) is 1. The number of hydrogen-bond donors (Lipinski definition) is 3. The van der Waals surface area contributed by atoms with Crippen LogP contribution in [0, 0.1) is 0 Å². The van der Waals surface area contributed by atoms with E-state index in [-0.39, 0.29) is 12.5 Å². The highest BCUT2D eigenvalue weighted by molar-refractivity contribution is 5.76. The van der Waals surface area contributed by atoms with Crippen molar-refractivity contribution in [2.45, 2.75) is 315 Å². The van der Waals surface area contributed by atoms with Crippen LogP contribution in [0.4, 0.5) is 0 Å². The van der Waals surface area contributed by atoms with Crippen LogP contribution in [0.15, 0.2) is 109 Å². The molecule has 420 valence electrons. The molecule has 0 saturated carbocycles. The second kappa shape index (κ2) is 63.3. The quantitative estimate of drug-likeness (QED) is 0.0420. The molecule has 0 aromatic heterocycles. The van der Waals surface area contributed by atoms with Crippen molar-refractivity contribution in [1.29, 1.82) is 0 Å². The lowest BCUT2D eigenvalue weighted by Crippen LogP contribution is -2.45. The Hall–Kier alpha value is -2.95. The molecular weight excluding hydrogens is 891 g/mol. The summed E-state index contributed by atoms with van der Waals surface area (Å²) >= 11 is 0. The summed E-state index contributed by atoms with van der Waals surface area (Å²) in [4.78, 5) is 12.5. The second-order valence-corrected chi connectivity index (χ2v) is 21.1. The van der Waals surface area contributed by atoms with Gasteiger partial charge in [0.1, 0.15) is 0 Å². The van der Waals surface area contributed by atoms with E-state index in [0.29, 0.717) is 6.42 Å². The minimum atomic E-state index is -0.876. The van der Waals surface area contributed by atoms with Gasteiger partial charge in [-0.2, -0.15) is 0 Å². The van der Waals surface area contributed by atoms with Crippen molar-refractivity contribution in [3.8, 4) is 0 Å². The molecule has 0 aromatic rings. The lowest BCUT2D eigenvalue weighted by Gasteiger charge is -2.19. The highest BCUT2D eigenvalue weighted by atomic mass is 16.3. The van der Waals surface area contributed by atoms with E-state index < -0.39 is 12.1 Å². The van der Waals surface area contributed by atoms with Crippen LogP contribution in [0.25, 0.3) is 0 Å². The molecule has 2 unspecified atom stereocenters. The molecule has 0 fully saturated rings. The molecule has 0 aliphatic heterocycles. The SMILES string of the molecule is CC/C=C\C/C=C\C/C=C\C/C=C\C/C=C\C/C=C\CCCCCCCCCCCCCCCCCCCCC(=O)NC(CO)C(O)/C=C/CC/C=C/CC/C=C/CCCCCCCCCCCCCCCC. The Morgan fingerprint density at radius 1 is 0.342 bits per heavy atom. The smallest absolute Gasteiger partial charge is 0.220 e. The maximum atomic E-state index is 12.5. The first-order chi connectivity index (χ1) is 36.2. The van der Waals surface area contributed by atoms with Crippen LogP contribution >= 0.6 is 0 Å². The van der Waals surface area contributed by atoms with Crippen molar-refractivity contribution < 1.29 is 15.0 Å². The predicted octanol–water partition coefficient (Wildman–Crippen LogP) is 21.4. The van der Waals surface area contributed by atoms with E-state index in [4.69, 9.17) is 0 Å². The summed E-state index contributed by atoms with van der Waals surface area (Å²) in [5.41, 5.74) is 0. The van der Waals surface area contributed by atoms with Gasteiger partial charge in [0.15, 0.2) is 0 Å². The van der Waals surface area contributed by atoms with Crippen LogP contribution in [0.1, 0.15) is 303 Å². The Kier molecular flexibility index (Phi) is 60.8. The number of aliphatic hydroxyl groups excluding tert-OH is 2. The Morgan fingerprint density at radius 3 is 0.959 bits per heavy atom. The lowest BCUT2D eigenvalue weighted by atomic mass is 10.0. The standard InChI is InChI=1S/C69H121NO3/c1-3-5-7-9-11-13-15-17-19-21-23-25-27-29-30-31-32-33-34-35-36-37-38-39-40-41-43-45-47-49-51-53-55-57-59-61-63-65-69(73)70-67(66-71)68(72)64-62-60-58-56-54-52-50-48-46-44-42-28-26-24-22-20-18-16-14-12-10-8-6-4-2/h5,7,11,13,17,19,23,25,29-30,32-33,46,48,54,56,62,64,67-68,71-72H,3-4,6,8-10,12,14-16,18,20-22,24,26-28,31,34-45,47,49-53,55,57-61,63,65-66H2,1-2H3,(H,70,73)/b7-5-,13-11-,19-17-,25-23-,30-29-,33-32-,48-46+,56-54+,64-62+. The Morgan fingerprint density at radius 2 is 0.616 bits per heavy atom. The van der Waals surface area contributed by atoms with E-state index in [1.165, 1.54) is 205 Å². The first-order valence-electron chi connectivity index (χ1n) is 31.6. The van der Waals surface area contributed by atoms with Gasteiger partial charge in [0, 0.05) is 6.42 Å². The highest BCUT2D eigenvalue weighted by Gasteiger charge is 2.18. The van der Waals surface area contributed by atoms with E-state index in [1.54, 1.807) is 6.08 Å². The van der Waals surface area contributed by atoms with Gasteiger partial charge in [-0.1, -0.05) is 309 Å². The van der Waals surface area contributed by atoms with Crippen LogP contribution in [0.2, 0.25) is 0 Å². The zero-order chi connectivity index (χ0) is 52.7. The van der Waals surface area contributed by atoms with E-state index in [1.807, 2.05) is 6.08 Å². The molecule has 73 heavy (non-hydrogen) atoms. The third-order valence-electron chi connectivity index (χ3n) is 14.0. The molecular formula is C69H121NO3. The molecule has 1 amide bonds. The van der Waals surface area contributed by atoms with Crippen molar-refractivity contribution in [2.24, 2.45) is 0 Å². The molecule has 3 N–H and O–H groups in total. The molecule has 0 radical (unpaired) electrons. The summed E-state index contributed by atoms with van der Waals surface area (Å²) in [5.74, 6) is -0.0773. The number of hydrogen-bond acceptors (Lipinski definition) is 3. The van der Waals surface area contributed by atoms with E-state index in [0.717, 1.165) is 77.0 Å². The molecule has 4 nitrogen and oxygen atoms in total. The largest absolute Gasteiger partial charge is 0.394 e. The van der Waals surface area contributed by atoms with E-state index >= 15 is 0 Å². The third-order valence-corrected chi connectivity index (χ3v) is 14.0. The van der Waals surface area contributed by atoms with Gasteiger partial charge >= 0.3 is 0 Å². The second-order valence-electron chi connectivity index (χ2n) is 21.1. The van der Waals surface area contributed by atoms with Crippen LogP contribution < -0.4 is 5.32 Å². The van der Waals surface area contributed by atoms with Crippen molar-refractivity contribution in [3.63, 3.8) is 0 Å². The van der Waals surface area contributed by atoms with Crippen molar-refractivity contribution in [3.05, 3.63) is 109 Å². The van der Waals surface area contributed by atoms with Gasteiger partial charge in [0.2, 0.25) is 5.91 Å². The molecule has 2 atom stereocenters. The molecule has 0 aliphatic rings. The number of carbonyl (C=O) groups is 1. The zero-order valence-corrected chi connectivity index (χ0v) is 48.4. The third kappa shape index (κ3) is 59.8. The first kappa shape index (κ1) is 70.1. The number of aliphatic hydroxyl groups is 2. The van der Waals surface area contributed by atoms with E-state index in [9.17, 15) is 15.0 Å². The van der Waals surface area contributed by atoms with Crippen LogP contribution in [-0.4, -0.2) is 34.9 Å². The number of unbranched alkanes of at least 4 members (excludes halogenated alkanes) is 34. The summed E-state index contributed by atoms with van der Waals surface area (Å²) < 4.78 is 0. The molecule has 0 bridgehead atoms. The minimum Gasteiger partial charge on any atom is -0.394 e. The molecule has 0 heterocycles. The fraction of sp³-hybridized carbons (Fsp3) is 0.725. The lowest BCUT2D eigenvalue weighted by molar-refractivity contribution is -0.123. The van der Waals surface area contributed by atoms with Crippen LogP contribution in [0.3, 0.4) is 0 Å². The van der Waals surface area contributed by atoms with Crippen LogP contribution in [0.5, 0.6) is 0 Å². The Bertz CT molecular complexity index is 1380. The zero-order valence-electron chi connectivity index (χ0n) is 48.4. The normalized spacial score (nSPS) is 13.5. The van der Waals surface area contributed by atoms with E-state index in [2.05, 4.69) is 116 Å². The van der Waals surface area contributed by atoms with Gasteiger partial charge < -0.3 is 15.5 Å². The number of allylic oxidation sites excluding steroid dienone is 17. The Balaban J connectivity index is 3.54. The molecule has 0 saturated heterocycles. The monoisotopic (exact) mass is 1010 g/mol. The highest BCUT2D eigenvalue weighted by Crippen LogP contribution is 2.17. The molecule has 0 aliphatic carbocycles. The Labute approximate surface area is 455 Å². The maximum absolute atomic E-state index is 12.5. The average molecular weight is 1010 g/mol. The molecule has 0 rings (SSSR count). The van der Waals surface area contributed by atoms with Gasteiger partial charge in [-0.3, -0.25) is 4.79 Å². The summed E-state index contributed by atoms with van der Waals surface area (Å²) in [6.45, 7) is 4.20. The minimum absolute atomic E-state index is 0.0773. The molecule has 4 heteroatoms. The topological polar surface area (TPSA) is 69.6 Å². The summed E-state index contributed by atoms with van der Waals surface area (Å²) in [6.07, 6.45) is 95.7. The molecule has 0 spiro atoms. The average Bonchev–Trinajstić information content (AvgIpc) is 3.40. The number of amides is 1. The summed E-state index contributed by atoms with van der Waals surface area (Å²) in [6, 6.07) is -0.651. The summed E-state index contributed by atoms with van der Waals surface area (Å²) in [5, 5.41) is 23.2. The van der Waals surface area contributed by atoms with Gasteiger partial charge in [0.25, 0.3) is 0 Å². The fourth-order valence-corrected chi connectivity index (χ4v) is 9.22. The van der Waals surface area contributed by atoms with Gasteiger partial charge in [-0.15, -0.1) is 0 Å². The van der Waals surface area contributed by atoms with Gasteiger partial charge in [-0.05, 0) is 96.3 Å². The van der Waals surface area contributed by atoms with Gasteiger partial charge in [-0.25, -0.2) is 0 Å². The maximum Gasteiger partial charge on any atom is 0.220 e. The van der Waals surface area contributed by atoms with Crippen molar-refractivity contribution in [1.82, 2.24) is 5.32 Å². The number of carbonyl (C=O) groups excluding carboxylic acids is 1.